The van der Waals surface area contributed by atoms with E-state index in [-0.39, 0.29) is 11.1 Å². The van der Waals surface area contributed by atoms with Crippen LogP contribution in [-0.4, -0.2) is 32.4 Å². The number of carbonyl (C=O) groups is 2. The monoisotopic (exact) mass is 332 g/mol. The molecule has 0 heterocycles. The van der Waals surface area contributed by atoms with E-state index in [1.54, 1.807) is 23.9 Å². The molecule has 2 rings (SSSR count). The van der Waals surface area contributed by atoms with Gasteiger partial charge in [-0.2, -0.15) is 0 Å². The molecule has 0 aliphatic heterocycles. The third kappa shape index (κ3) is 4.04. The second kappa shape index (κ2) is 7.69. The predicted octanol–water partition coefficient (Wildman–Crippen LogP) is 3.77. The van der Waals surface area contributed by atoms with E-state index in [0.717, 1.165) is 4.90 Å². The Kier molecular flexibility index (Phi) is 5.65. The molecule has 0 fully saturated rings. The molecule has 0 saturated carbocycles. The van der Waals surface area contributed by atoms with Crippen molar-refractivity contribution >= 4 is 23.7 Å². The standard InChI is InChI=1S/C17H16O5S/c1-20-16(18)11-7-8-15(14(9-11)17(19)21-2)22-12-5-4-6-13(10-12)23-3/h4-10H,1-3H3. The molecular formula is C17H16O5S. The number of benzene rings is 2. The molecule has 6 heteroatoms. The molecule has 2 aromatic carbocycles. The van der Waals surface area contributed by atoms with Crippen LogP contribution in [-0.2, 0) is 9.47 Å². The zero-order chi connectivity index (χ0) is 16.8. The van der Waals surface area contributed by atoms with Crippen LogP contribution in [0.25, 0.3) is 0 Å². The third-order valence-electron chi connectivity index (χ3n) is 3.07. The van der Waals surface area contributed by atoms with Gasteiger partial charge >= 0.3 is 11.9 Å². The van der Waals surface area contributed by atoms with E-state index in [1.165, 1.54) is 26.4 Å². The Balaban J connectivity index is 2.40. The molecule has 0 aliphatic carbocycles. The van der Waals surface area contributed by atoms with E-state index in [0.29, 0.717) is 11.5 Å². The zero-order valence-corrected chi connectivity index (χ0v) is 13.8. The lowest BCUT2D eigenvalue weighted by molar-refractivity contribution is 0.0597. The minimum Gasteiger partial charge on any atom is -0.465 e. The molecule has 0 saturated heterocycles. The van der Waals surface area contributed by atoms with Crippen LogP contribution in [0.1, 0.15) is 20.7 Å². The molecule has 0 N–H and O–H groups in total. The molecule has 0 spiro atoms. The van der Waals surface area contributed by atoms with Crippen molar-refractivity contribution in [3.05, 3.63) is 53.6 Å². The summed E-state index contributed by atoms with van der Waals surface area (Å²) in [5.74, 6) is -0.228. The first-order valence-electron chi connectivity index (χ1n) is 6.71. The molecule has 0 bridgehead atoms. The van der Waals surface area contributed by atoms with Gasteiger partial charge in [0.2, 0.25) is 0 Å². The van der Waals surface area contributed by atoms with E-state index >= 15 is 0 Å². The van der Waals surface area contributed by atoms with Crippen LogP contribution in [0, 0.1) is 0 Å². The lowest BCUT2D eigenvalue weighted by Crippen LogP contribution is -2.08. The molecular weight excluding hydrogens is 316 g/mol. The second-order valence-corrected chi connectivity index (χ2v) is 5.35. The Hall–Kier alpha value is -2.47. The van der Waals surface area contributed by atoms with Gasteiger partial charge in [-0.15, -0.1) is 11.8 Å². The summed E-state index contributed by atoms with van der Waals surface area (Å²) in [5, 5.41) is 0. The van der Waals surface area contributed by atoms with Crippen molar-refractivity contribution in [2.24, 2.45) is 0 Å². The van der Waals surface area contributed by atoms with Gasteiger partial charge in [-0.1, -0.05) is 6.07 Å². The van der Waals surface area contributed by atoms with Crippen LogP contribution >= 0.6 is 11.8 Å². The van der Waals surface area contributed by atoms with Gasteiger partial charge in [-0.25, -0.2) is 9.59 Å². The van der Waals surface area contributed by atoms with Gasteiger partial charge < -0.3 is 14.2 Å². The Morgan fingerprint density at radius 3 is 2.35 bits per heavy atom. The van der Waals surface area contributed by atoms with Crippen molar-refractivity contribution in [1.29, 1.82) is 0 Å². The summed E-state index contributed by atoms with van der Waals surface area (Å²) in [5.41, 5.74) is 0.406. The van der Waals surface area contributed by atoms with E-state index in [1.807, 2.05) is 24.5 Å². The highest BCUT2D eigenvalue weighted by atomic mass is 32.2. The van der Waals surface area contributed by atoms with Gasteiger partial charge in [-0.05, 0) is 42.7 Å². The van der Waals surface area contributed by atoms with Crippen LogP contribution in [0.3, 0.4) is 0 Å². The Labute approximate surface area is 138 Å². The molecule has 5 nitrogen and oxygen atoms in total. The molecule has 0 aromatic heterocycles. The molecule has 0 unspecified atom stereocenters. The SMILES string of the molecule is COC(=O)c1ccc(Oc2cccc(SC)c2)c(C(=O)OC)c1. The van der Waals surface area contributed by atoms with E-state index in [2.05, 4.69) is 4.74 Å². The predicted molar refractivity (Wildman–Crippen MR) is 87.4 cm³/mol. The van der Waals surface area contributed by atoms with Crippen molar-refractivity contribution in [2.45, 2.75) is 4.90 Å². The first-order valence-corrected chi connectivity index (χ1v) is 7.94. The van der Waals surface area contributed by atoms with Gasteiger partial charge in [0.25, 0.3) is 0 Å². The maximum absolute atomic E-state index is 12.0. The highest BCUT2D eigenvalue weighted by Crippen LogP contribution is 2.29. The fourth-order valence-corrected chi connectivity index (χ4v) is 2.37. The second-order valence-electron chi connectivity index (χ2n) is 4.48. The van der Waals surface area contributed by atoms with Crippen molar-refractivity contribution < 1.29 is 23.8 Å². The summed E-state index contributed by atoms with van der Waals surface area (Å²) in [7, 11) is 2.55. The van der Waals surface area contributed by atoms with Crippen LogP contribution in [0.5, 0.6) is 11.5 Å². The first-order chi connectivity index (χ1) is 11.1. The summed E-state index contributed by atoms with van der Waals surface area (Å²) in [4.78, 5) is 24.6. The topological polar surface area (TPSA) is 61.8 Å². The van der Waals surface area contributed by atoms with Gasteiger partial charge in [0.05, 0.1) is 19.8 Å². The van der Waals surface area contributed by atoms with Gasteiger partial charge in [0.1, 0.15) is 17.1 Å². The Morgan fingerprint density at radius 2 is 1.70 bits per heavy atom. The summed E-state index contributed by atoms with van der Waals surface area (Å²) in [6.07, 6.45) is 1.96. The van der Waals surface area contributed by atoms with Crippen molar-refractivity contribution in [1.82, 2.24) is 0 Å². The number of carbonyl (C=O) groups excluding carboxylic acids is 2. The zero-order valence-electron chi connectivity index (χ0n) is 13.0. The molecule has 2 aromatic rings. The normalized spacial score (nSPS) is 10.0. The highest BCUT2D eigenvalue weighted by molar-refractivity contribution is 7.98. The molecule has 23 heavy (non-hydrogen) atoms. The van der Waals surface area contributed by atoms with E-state index < -0.39 is 11.9 Å². The molecule has 0 amide bonds. The van der Waals surface area contributed by atoms with Crippen molar-refractivity contribution in [3.8, 4) is 11.5 Å². The maximum Gasteiger partial charge on any atom is 0.341 e. The summed E-state index contributed by atoms with van der Waals surface area (Å²) in [6.45, 7) is 0. The summed E-state index contributed by atoms with van der Waals surface area (Å²) < 4.78 is 15.2. The molecule has 120 valence electrons. The number of methoxy groups -OCH3 is 2. The fraction of sp³-hybridized carbons (Fsp3) is 0.176. The Bertz CT molecular complexity index is 727. The van der Waals surface area contributed by atoms with Crippen LogP contribution < -0.4 is 4.74 Å². The lowest BCUT2D eigenvalue weighted by Gasteiger charge is -2.11. The summed E-state index contributed by atoms with van der Waals surface area (Å²) >= 11 is 1.59. The largest absolute Gasteiger partial charge is 0.465 e. The maximum atomic E-state index is 12.0. The number of rotatable bonds is 5. The average Bonchev–Trinajstić information content (AvgIpc) is 2.60. The minimum atomic E-state index is -0.591. The molecule has 0 atom stereocenters. The smallest absolute Gasteiger partial charge is 0.341 e. The fourth-order valence-electron chi connectivity index (χ4n) is 1.92. The van der Waals surface area contributed by atoms with Crippen LogP contribution in [0.2, 0.25) is 0 Å². The van der Waals surface area contributed by atoms with Crippen LogP contribution in [0.4, 0.5) is 0 Å². The van der Waals surface area contributed by atoms with Crippen LogP contribution in [0.15, 0.2) is 47.4 Å². The number of thioether (sulfide) groups is 1. The molecule has 0 aliphatic rings. The number of esters is 2. The number of hydrogen-bond donors (Lipinski definition) is 0. The Morgan fingerprint density at radius 1 is 0.957 bits per heavy atom. The summed E-state index contributed by atoms with van der Waals surface area (Å²) in [6, 6.07) is 11.9. The average molecular weight is 332 g/mol. The number of hydrogen-bond acceptors (Lipinski definition) is 6. The number of ether oxygens (including phenoxy) is 3. The van der Waals surface area contributed by atoms with Crippen molar-refractivity contribution in [3.63, 3.8) is 0 Å². The van der Waals surface area contributed by atoms with E-state index in [9.17, 15) is 9.59 Å². The third-order valence-corrected chi connectivity index (χ3v) is 3.80. The van der Waals surface area contributed by atoms with E-state index in [4.69, 9.17) is 9.47 Å². The first kappa shape index (κ1) is 16.9. The quantitative estimate of drug-likeness (QED) is 0.613. The minimum absolute atomic E-state index is 0.157. The van der Waals surface area contributed by atoms with Gasteiger partial charge in [0.15, 0.2) is 0 Å². The highest BCUT2D eigenvalue weighted by Gasteiger charge is 2.17. The van der Waals surface area contributed by atoms with Gasteiger partial charge in [-0.3, -0.25) is 0 Å². The lowest BCUT2D eigenvalue weighted by atomic mass is 10.1. The van der Waals surface area contributed by atoms with Crippen molar-refractivity contribution in [2.75, 3.05) is 20.5 Å². The van der Waals surface area contributed by atoms with Gasteiger partial charge in [0, 0.05) is 4.90 Å². The molecule has 0 radical (unpaired) electrons.